The van der Waals surface area contributed by atoms with E-state index in [1.54, 1.807) is 0 Å². The zero-order valence-electron chi connectivity index (χ0n) is 27.5. The summed E-state index contributed by atoms with van der Waals surface area (Å²) < 4.78 is 8.82. The molecule has 51 heavy (non-hydrogen) atoms. The fraction of sp³-hybridized carbons (Fsp3) is 0. The van der Waals surface area contributed by atoms with E-state index >= 15 is 0 Å². The van der Waals surface area contributed by atoms with Gasteiger partial charge in [-0.3, -0.25) is 0 Å². The van der Waals surface area contributed by atoms with Crippen LogP contribution in [0.15, 0.2) is 180 Å². The van der Waals surface area contributed by atoms with E-state index in [-0.39, 0.29) is 0 Å². The summed E-state index contributed by atoms with van der Waals surface area (Å²) in [5.74, 6) is 0. The van der Waals surface area contributed by atoms with Gasteiger partial charge in [-0.1, -0.05) is 115 Å². The van der Waals surface area contributed by atoms with Gasteiger partial charge in [-0.2, -0.15) is 0 Å². The molecule has 9 aromatic carbocycles. The lowest BCUT2D eigenvalue weighted by Crippen LogP contribution is -2.09. The van der Waals surface area contributed by atoms with Gasteiger partial charge in [0.15, 0.2) is 0 Å². The van der Waals surface area contributed by atoms with Gasteiger partial charge in [0, 0.05) is 48.0 Å². The molecule has 3 heteroatoms. The van der Waals surface area contributed by atoms with E-state index in [0.717, 1.165) is 39.0 Å². The van der Waals surface area contributed by atoms with Crippen molar-refractivity contribution in [2.75, 3.05) is 4.90 Å². The highest BCUT2D eigenvalue weighted by atomic mass is 32.1. The Morgan fingerprint density at radius 1 is 0.373 bits per heavy atom. The first-order valence-electron chi connectivity index (χ1n) is 17.3. The highest BCUT2D eigenvalue weighted by molar-refractivity contribution is 7.25. The molecule has 11 aromatic rings. The quantitative estimate of drug-likeness (QED) is 0.174. The van der Waals surface area contributed by atoms with Gasteiger partial charge in [-0.15, -0.1) is 11.3 Å². The Morgan fingerprint density at radius 3 is 1.88 bits per heavy atom. The van der Waals surface area contributed by atoms with E-state index in [4.69, 9.17) is 4.42 Å². The average Bonchev–Trinajstić information content (AvgIpc) is 3.75. The molecule has 2 nitrogen and oxygen atoms in total. The maximum atomic E-state index is 6.23. The fourth-order valence-electron chi connectivity index (χ4n) is 8.05. The molecule has 0 spiro atoms. The Labute approximate surface area is 298 Å². The highest BCUT2D eigenvalue weighted by Gasteiger charge is 2.18. The lowest BCUT2D eigenvalue weighted by Gasteiger charge is -2.26. The van der Waals surface area contributed by atoms with Crippen LogP contribution in [-0.4, -0.2) is 0 Å². The van der Waals surface area contributed by atoms with E-state index in [1.165, 1.54) is 63.6 Å². The van der Waals surface area contributed by atoms with Crippen molar-refractivity contribution in [3.63, 3.8) is 0 Å². The van der Waals surface area contributed by atoms with Crippen LogP contribution < -0.4 is 4.90 Å². The Morgan fingerprint density at radius 2 is 1.00 bits per heavy atom. The van der Waals surface area contributed by atoms with Crippen molar-refractivity contribution in [2.45, 2.75) is 0 Å². The number of nitrogens with zero attached hydrogens (tertiary/aromatic N) is 1. The summed E-state index contributed by atoms with van der Waals surface area (Å²) in [5.41, 5.74) is 7.55. The largest absolute Gasteiger partial charge is 0.456 e. The summed E-state index contributed by atoms with van der Waals surface area (Å²) in [6, 6.07) is 63.9. The van der Waals surface area contributed by atoms with Crippen molar-refractivity contribution in [1.82, 2.24) is 0 Å². The summed E-state index contributed by atoms with van der Waals surface area (Å²) in [5, 5.41) is 12.5. The van der Waals surface area contributed by atoms with Gasteiger partial charge in [0.2, 0.25) is 0 Å². The molecule has 2 heterocycles. The van der Waals surface area contributed by atoms with Crippen LogP contribution in [0.4, 0.5) is 17.1 Å². The van der Waals surface area contributed by atoms with Crippen LogP contribution in [0.3, 0.4) is 0 Å². The number of hydrogen-bond donors (Lipinski definition) is 0. The second kappa shape index (κ2) is 11.0. The molecule has 238 valence electrons. The van der Waals surface area contributed by atoms with Crippen molar-refractivity contribution in [2.24, 2.45) is 0 Å². The van der Waals surface area contributed by atoms with Gasteiger partial charge in [-0.05, 0) is 104 Å². The Kier molecular flexibility index (Phi) is 6.16. The molecule has 0 atom stereocenters. The van der Waals surface area contributed by atoms with E-state index in [9.17, 15) is 0 Å². The predicted octanol–water partition coefficient (Wildman–Crippen LogP) is 14.6. The number of benzene rings is 9. The van der Waals surface area contributed by atoms with Crippen molar-refractivity contribution in [3.8, 4) is 11.1 Å². The van der Waals surface area contributed by atoms with Crippen LogP contribution in [0.25, 0.3) is 85.6 Å². The minimum absolute atomic E-state index is 0.894. The van der Waals surface area contributed by atoms with Crippen LogP contribution in [0.5, 0.6) is 0 Å². The zero-order chi connectivity index (χ0) is 33.5. The van der Waals surface area contributed by atoms with Gasteiger partial charge in [-0.25, -0.2) is 0 Å². The number of furan rings is 1. The molecule has 0 N–H and O–H groups in total. The van der Waals surface area contributed by atoms with Crippen molar-refractivity contribution in [3.05, 3.63) is 176 Å². The number of anilines is 3. The SMILES string of the molecule is c1ccc2c(c1)cc(-c1ccc(N(c3ccc4c(c3)sc3ccccc34)c3ccc4oc5ccccc5c4c3)cc1)c1c3ccccc3ccc21. The molecular weight excluding hydrogens is 639 g/mol. The van der Waals surface area contributed by atoms with Crippen LogP contribution in [0.1, 0.15) is 0 Å². The number of thiophene rings is 1. The molecule has 2 aromatic heterocycles. The molecule has 0 bridgehead atoms. The Balaban J connectivity index is 1.12. The molecule has 0 unspecified atom stereocenters. The van der Waals surface area contributed by atoms with Crippen molar-refractivity contribution in [1.29, 1.82) is 0 Å². The van der Waals surface area contributed by atoms with E-state index in [0.29, 0.717) is 0 Å². The van der Waals surface area contributed by atoms with Gasteiger partial charge in [0.1, 0.15) is 11.2 Å². The molecule has 0 aliphatic rings. The third-order valence-electron chi connectivity index (χ3n) is 10.4. The summed E-state index contributed by atoms with van der Waals surface area (Å²) in [7, 11) is 0. The second-order valence-corrected chi connectivity index (χ2v) is 14.4. The number of para-hydroxylation sites is 1. The number of rotatable bonds is 4. The molecule has 0 saturated heterocycles. The fourth-order valence-corrected chi connectivity index (χ4v) is 9.19. The maximum Gasteiger partial charge on any atom is 0.135 e. The predicted molar refractivity (Wildman–Crippen MR) is 219 cm³/mol. The Bertz CT molecular complexity index is 3150. The standard InChI is InChI=1S/C48H29NOS/c1-4-12-37-30(9-1)19-24-41-36-11-3-2-10-32(36)27-42(48(37)41)31-17-20-33(21-18-31)49(34-23-26-45-43(28-34)38-13-5-7-15-44(38)50-45)35-22-25-40-39-14-6-8-16-46(39)51-47(40)29-35/h1-29H. The Hall–Kier alpha value is -6.42. The minimum Gasteiger partial charge on any atom is -0.456 e. The monoisotopic (exact) mass is 667 g/mol. The lowest BCUT2D eigenvalue weighted by molar-refractivity contribution is 0.669. The van der Waals surface area contributed by atoms with Crippen LogP contribution in [-0.2, 0) is 0 Å². The van der Waals surface area contributed by atoms with Gasteiger partial charge in [0.25, 0.3) is 0 Å². The normalized spacial score (nSPS) is 11.9. The third kappa shape index (κ3) is 4.42. The summed E-state index contributed by atoms with van der Waals surface area (Å²) in [4.78, 5) is 2.38. The maximum absolute atomic E-state index is 6.23. The molecular formula is C48H29NOS. The average molecular weight is 668 g/mol. The van der Waals surface area contributed by atoms with Gasteiger partial charge in [0.05, 0.1) is 0 Å². The summed E-state index contributed by atoms with van der Waals surface area (Å²) in [6.07, 6.45) is 0. The molecule has 0 saturated carbocycles. The molecule has 0 amide bonds. The molecule has 0 aliphatic heterocycles. The first-order chi connectivity index (χ1) is 25.3. The van der Waals surface area contributed by atoms with Gasteiger partial charge < -0.3 is 9.32 Å². The molecule has 0 aliphatic carbocycles. The van der Waals surface area contributed by atoms with E-state index in [1.807, 2.05) is 23.5 Å². The molecule has 0 fully saturated rings. The second-order valence-electron chi connectivity index (χ2n) is 13.3. The summed E-state index contributed by atoms with van der Waals surface area (Å²) in [6.45, 7) is 0. The van der Waals surface area contributed by atoms with Crippen molar-refractivity contribution >= 4 is 103 Å². The smallest absolute Gasteiger partial charge is 0.135 e. The van der Waals surface area contributed by atoms with Crippen LogP contribution in [0, 0.1) is 0 Å². The highest BCUT2D eigenvalue weighted by Crippen LogP contribution is 2.44. The minimum atomic E-state index is 0.894. The first kappa shape index (κ1) is 28.4. The molecule has 11 rings (SSSR count). The summed E-state index contributed by atoms with van der Waals surface area (Å²) >= 11 is 1.85. The lowest BCUT2D eigenvalue weighted by atomic mass is 9.90. The van der Waals surface area contributed by atoms with Crippen LogP contribution in [0.2, 0.25) is 0 Å². The zero-order valence-corrected chi connectivity index (χ0v) is 28.3. The van der Waals surface area contributed by atoms with Crippen molar-refractivity contribution < 1.29 is 4.42 Å². The first-order valence-corrected chi connectivity index (χ1v) is 18.1. The number of fused-ring (bicyclic) bond motifs is 11. The number of hydrogen-bond acceptors (Lipinski definition) is 3. The van der Waals surface area contributed by atoms with E-state index < -0.39 is 0 Å². The third-order valence-corrected chi connectivity index (χ3v) is 11.6. The van der Waals surface area contributed by atoms with Crippen LogP contribution >= 0.6 is 11.3 Å². The molecule has 0 radical (unpaired) electrons. The van der Waals surface area contributed by atoms with E-state index in [2.05, 4.69) is 169 Å². The topological polar surface area (TPSA) is 16.4 Å². The van der Waals surface area contributed by atoms with Gasteiger partial charge >= 0.3 is 0 Å².